The second-order valence-electron chi connectivity index (χ2n) is 4.68. The Hall–Kier alpha value is -0.710. The molecule has 0 spiro atoms. The molecule has 18 heavy (non-hydrogen) atoms. The van der Waals surface area contributed by atoms with Crippen LogP contribution in [0.15, 0.2) is 29.2 Å². The number of nitrogens with two attached hydrogens (primary N) is 1. The van der Waals surface area contributed by atoms with Crippen molar-refractivity contribution in [3.8, 4) is 5.75 Å². The van der Waals surface area contributed by atoms with E-state index < -0.39 is 0 Å². The lowest BCUT2D eigenvalue weighted by Gasteiger charge is -2.35. The van der Waals surface area contributed by atoms with E-state index in [0.29, 0.717) is 5.92 Å². The van der Waals surface area contributed by atoms with Crippen LogP contribution in [0.3, 0.4) is 0 Å². The molecule has 0 amide bonds. The molecule has 0 radical (unpaired) electrons. The van der Waals surface area contributed by atoms with Gasteiger partial charge in [-0.2, -0.15) is 0 Å². The van der Waals surface area contributed by atoms with Crippen LogP contribution in [0.4, 0.5) is 0 Å². The largest absolute Gasteiger partial charge is 0.487 e. The zero-order chi connectivity index (χ0) is 13.0. The van der Waals surface area contributed by atoms with E-state index in [4.69, 9.17) is 10.6 Å². The molecule has 4 heteroatoms. The lowest BCUT2D eigenvalue weighted by atomic mass is 9.91. The van der Waals surface area contributed by atoms with E-state index in [2.05, 4.69) is 31.4 Å². The Kier molecular flexibility index (Phi) is 4.92. The molecule has 1 aromatic rings. The third-order valence-electron chi connectivity index (χ3n) is 3.68. The third-order valence-corrected chi connectivity index (χ3v) is 4.82. The van der Waals surface area contributed by atoms with E-state index in [1.807, 2.05) is 23.9 Å². The van der Waals surface area contributed by atoms with E-state index in [1.54, 1.807) is 0 Å². The van der Waals surface area contributed by atoms with Crippen LogP contribution in [-0.2, 0) is 0 Å². The topological polar surface area (TPSA) is 47.3 Å². The van der Waals surface area contributed by atoms with Gasteiger partial charge in [0.25, 0.3) is 0 Å². The molecule has 3 N–H and O–H groups in total. The number of hydrogen-bond donors (Lipinski definition) is 2. The van der Waals surface area contributed by atoms with Crippen LogP contribution in [0.1, 0.15) is 26.7 Å². The molecule has 0 saturated heterocycles. The number of hydrazine groups is 1. The second-order valence-corrected chi connectivity index (χ2v) is 5.74. The summed E-state index contributed by atoms with van der Waals surface area (Å²) >= 11 is 1.86. The van der Waals surface area contributed by atoms with Crippen LogP contribution in [0.25, 0.3) is 0 Å². The summed E-state index contributed by atoms with van der Waals surface area (Å²) in [6.07, 6.45) is 2.40. The molecule has 1 aliphatic heterocycles. The summed E-state index contributed by atoms with van der Waals surface area (Å²) in [4.78, 5) is 1.23. The Morgan fingerprint density at radius 1 is 1.39 bits per heavy atom. The monoisotopic (exact) mass is 266 g/mol. The van der Waals surface area contributed by atoms with Crippen LogP contribution in [0.2, 0.25) is 0 Å². The predicted octanol–water partition coefficient (Wildman–Crippen LogP) is 2.81. The Labute approximate surface area is 113 Å². The molecule has 0 saturated carbocycles. The molecule has 3 nitrogen and oxygen atoms in total. The van der Waals surface area contributed by atoms with Crippen molar-refractivity contribution in [3.63, 3.8) is 0 Å². The molecule has 0 fully saturated rings. The molecule has 0 aromatic heterocycles. The van der Waals surface area contributed by atoms with Crippen molar-refractivity contribution in [2.45, 2.75) is 43.7 Å². The molecular formula is C14H22N2OS. The van der Waals surface area contributed by atoms with Gasteiger partial charge < -0.3 is 4.74 Å². The maximum absolute atomic E-state index is 6.11. The fourth-order valence-electron chi connectivity index (χ4n) is 2.56. The van der Waals surface area contributed by atoms with Crippen molar-refractivity contribution >= 4 is 11.8 Å². The minimum absolute atomic E-state index is 0.153. The first-order valence-corrected chi connectivity index (χ1v) is 7.63. The summed E-state index contributed by atoms with van der Waals surface area (Å²) in [6.45, 7) is 4.42. The molecule has 0 bridgehead atoms. The number of para-hydroxylation sites is 1. The van der Waals surface area contributed by atoms with Gasteiger partial charge in [-0.15, -0.1) is 11.8 Å². The van der Waals surface area contributed by atoms with Crippen molar-refractivity contribution in [2.75, 3.05) is 5.75 Å². The highest BCUT2D eigenvalue weighted by molar-refractivity contribution is 7.99. The summed E-state index contributed by atoms with van der Waals surface area (Å²) in [7, 11) is 0. The Morgan fingerprint density at radius 3 is 2.78 bits per heavy atom. The van der Waals surface area contributed by atoms with Crippen molar-refractivity contribution in [2.24, 2.45) is 11.8 Å². The Balaban J connectivity index is 2.11. The summed E-state index contributed by atoms with van der Waals surface area (Å²) < 4.78 is 6.11. The molecule has 0 aliphatic carbocycles. The summed E-state index contributed by atoms with van der Waals surface area (Å²) in [6, 6.07) is 8.44. The van der Waals surface area contributed by atoms with Gasteiger partial charge in [-0.05, 0) is 18.1 Å². The highest BCUT2D eigenvalue weighted by atomic mass is 32.2. The van der Waals surface area contributed by atoms with Gasteiger partial charge in [0.2, 0.25) is 0 Å². The first-order valence-electron chi connectivity index (χ1n) is 6.64. The first-order chi connectivity index (χ1) is 8.80. The minimum atomic E-state index is 0.153. The van der Waals surface area contributed by atoms with E-state index in [-0.39, 0.29) is 12.1 Å². The summed E-state index contributed by atoms with van der Waals surface area (Å²) in [5.41, 5.74) is 2.97. The van der Waals surface area contributed by atoms with E-state index in [0.717, 1.165) is 24.3 Å². The zero-order valence-corrected chi connectivity index (χ0v) is 11.9. The maximum atomic E-state index is 6.11. The van der Waals surface area contributed by atoms with Crippen LogP contribution in [0.5, 0.6) is 5.75 Å². The minimum Gasteiger partial charge on any atom is -0.487 e. The highest BCUT2D eigenvalue weighted by Crippen LogP contribution is 2.36. The van der Waals surface area contributed by atoms with Gasteiger partial charge in [0.1, 0.15) is 11.9 Å². The number of rotatable bonds is 5. The zero-order valence-electron chi connectivity index (χ0n) is 11.1. The highest BCUT2D eigenvalue weighted by Gasteiger charge is 2.31. The van der Waals surface area contributed by atoms with Crippen molar-refractivity contribution in [1.82, 2.24) is 5.43 Å². The third kappa shape index (κ3) is 2.82. The molecule has 1 aromatic carbocycles. The second kappa shape index (κ2) is 6.45. The molecule has 2 unspecified atom stereocenters. The summed E-state index contributed by atoms with van der Waals surface area (Å²) in [5, 5.41) is 0. The molecule has 2 rings (SSSR count). The Bertz CT molecular complexity index is 382. The maximum Gasteiger partial charge on any atom is 0.133 e. The SMILES string of the molecule is CCC(CC)C(NN)C1CSc2ccccc2O1. The predicted molar refractivity (Wildman–Crippen MR) is 76.8 cm³/mol. The number of hydrogen-bond acceptors (Lipinski definition) is 4. The smallest absolute Gasteiger partial charge is 0.133 e. The number of fused-ring (bicyclic) bond motifs is 1. The van der Waals surface area contributed by atoms with Crippen LogP contribution in [-0.4, -0.2) is 17.9 Å². The molecule has 100 valence electrons. The van der Waals surface area contributed by atoms with E-state index >= 15 is 0 Å². The number of thioether (sulfide) groups is 1. The molecular weight excluding hydrogens is 244 g/mol. The van der Waals surface area contributed by atoms with Gasteiger partial charge in [0.05, 0.1) is 6.04 Å². The van der Waals surface area contributed by atoms with Gasteiger partial charge in [-0.25, -0.2) is 0 Å². The number of ether oxygens (including phenoxy) is 1. The quantitative estimate of drug-likeness (QED) is 0.635. The van der Waals surface area contributed by atoms with Crippen LogP contribution in [0, 0.1) is 5.92 Å². The standard InChI is InChI=1S/C14H22N2OS/c1-3-10(4-2)14(16-15)12-9-18-13-8-6-5-7-11(13)17-12/h5-8,10,12,14,16H,3-4,9,15H2,1-2H3. The first kappa shape index (κ1) is 13.7. The van der Waals surface area contributed by atoms with Crippen LogP contribution < -0.4 is 16.0 Å². The molecule has 1 heterocycles. The van der Waals surface area contributed by atoms with Gasteiger partial charge in [-0.1, -0.05) is 38.8 Å². The molecule has 1 aliphatic rings. The van der Waals surface area contributed by atoms with E-state index in [9.17, 15) is 0 Å². The number of benzene rings is 1. The van der Waals surface area contributed by atoms with E-state index in [1.165, 1.54) is 4.90 Å². The van der Waals surface area contributed by atoms with Crippen LogP contribution >= 0.6 is 11.8 Å². The van der Waals surface area contributed by atoms with Gasteiger partial charge >= 0.3 is 0 Å². The van der Waals surface area contributed by atoms with Crippen molar-refractivity contribution in [1.29, 1.82) is 0 Å². The lowest BCUT2D eigenvalue weighted by molar-refractivity contribution is 0.127. The average Bonchev–Trinajstić information content (AvgIpc) is 2.44. The molecule has 2 atom stereocenters. The van der Waals surface area contributed by atoms with Gasteiger partial charge in [-0.3, -0.25) is 11.3 Å². The fraction of sp³-hybridized carbons (Fsp3) is 0.571. The normalized spacial score (nSPS) is 20.3. The van der Waals surface area contributed by atoms with Gasteiger partial charge in [0, 0.05) is 10.6 Å². The van der Waals surface area contributed by atoms with Crippen molar-refractivity contribution in [3.05, 3.63) is 24.3 Å². The number of nitrogens with one attached hydrogen (secondary N) is 1. The van der Waals surface area contributed by atoms with Crippen molar-refractivity contribution < 1.29 is 4.74 Å². The average molecular weight is 266 g/mol. The lowest BCUT2D eigenvalue weighted by Crippen LogP contribution is -2.52. The Morgan fingerprint density at radius 2 is 2.11 bits per heavy atom. The summed E-state index contributed by atoms with van der Waals surface area (Å²) in [5.74, 6) is 8.25. The fourth-order valence-corrected chi connectivity index (χ4v) is 3.61. The van der Waals surface area contributed by atoms with Gasteiger partial charge in [0.15, 0.2) is 0 Å².